The summed E-state index contributed by atoms with van der Waals surface area (Å²) in [6.45, 7) is 3.30. The third-order valence-corrected chi connectivity index (χ3v) is 5.28. The molecule has 3 heterocycles. The molecule has 4 nitrogen and oxygen atoms in total. The maximum absolute atomic E-state index is 13.5. The van der Waals surface area contributed by atoms with Crippen LogP contribution in [0.5, 0.6) is 0 Å². The van der Waals surface area contributed by atoms with E-state index in [-0.39, 0.29) is 26.5 Å². The molecule has 0 aliphatic heterocycles. The van der Waals surface area contributed by atoms with Gasteiger partial charge in [0.1, 0.15) is 9.71 Å². The van der Waals surface area contributed by atoms with Crippen LogP contribution < -0.4 is 5.73 Å². The highest BCUT2D eigenvalue weighted by molar-refractivity contribution is 7.21. The van der Waals surface area contributed by atoms with Gasteiger partial charge < -0.3 is 10.5 Å². The monoisotopic (exact) mass is 386 g/mol. The van der Waals surface area contributed by atoms with Crippen LogP contribution in [0.25, 0.3) is 20.8 Å². The molecule has 0 amide bonds. The second kappa shape index (κ2) is 6.30. The average Bonchev–Trinajstić information content (AvgIpc) is 3.13. The second-order valence-corrected chi connectivity index (χ2v) is 7.46. The zero-order chi connectivity index (χ0) is 18.4. The van der Waals surface area contributed by atoms with Crippen LogP contribution >= 0.6 is 22.7 Å². The molecule has 0 atom stereocenters. The fraction of sp³-hybridized carbons (Fsp3) is 0.250. The number of fused-ring (bicyclic) bond motifs is 1. The number of nitrogens with zero attached hydrogens (tertiary/aromatic N) is 1. The summed E-state index contributed by atoms with van der Waals surface area (Å²) in [4.78, 5) is 17.0. The predicted molar refractivity (Wildman–Crippen MR) is 92.9 cm³/mol. The molecular formula is C16H13F3N2O2S2. The Morgan fingerprint density at radius 2 is 2.08 bits per heavy atom. The standard InChI is InChI=1S/C16H13F3N2O2S2/c1-7(2)23-15(22)13-12(20)11-8(16(17,18)19)6-9(21-14(11)25-13)10-4-3-5-24-10/h3-7H,20H2,1-2H3. The fourth-order valence-corrected chi connectivity index (χ4v) is 4.00. The number of hydrogen-bond donors (Lipinski definition) is 1. The molecule has 0 unspecified atom stereocenters. The highest BCUT2D eigenvalue weighted by atomic mass is 32.1. The van der Waals surface area contributed by atoms with E-state index in [0.29, 0.717) is 4.88 Å². The van der Waals surface area contributed by atoms with Gasteiger partial charge in [-0.15, -0.1) is 22.7 Å². The molecule has 0 radical (unpaired) electrons. The van der Waals surface area contributed by atoms with Crippen LogP contribution in [-0.2, 0) is 10.9 Å². The summed E-state index contributed by atoms with van der Waals surface area (Å²) in [6, 6.07) is 4.38. The summed E-state index contributed by atoms with van der Waals surface area (Å²) in [6.07, 6.45) is -5.03. The first-order chi connectivity index (χ1) is 11.7. The SMILES string of the molecule is CC(C)OC(=O)c1sc2nc(-c3cccs3)cc(C(F)(F)F)c2c1N. The molecule has 0 aromatic carbocycles. The summed E-state index contributed by atoms with van der Waals surface area (Å²) < 4.78 is 45.7. The number of carbonyl (C=O) groups is 1. The van der Waals surface area contributed by atoms with Crippen LogP contribution in [0.2, 0.25) is 0 Å². The van der Waals surface area contributed by atoms with Crippen molar-refractivity contribution in [3.63, 3.8) is 0 Å². The molecule has 9 heteroatoms. The van der Waals surface area contributed by atoms with Gasteiger partial charge in [-0.1, -0.05) is 6.07 Å². The van der Waals surface area contributed by atoms with E-state index in [1.807, 2.05) is 0 Å². The van der Waals surface area contributed by atoms with Crippen molar-refractivity contribution in [2.24, 2.45) is 0 Å². The fourth-order valence-electron chi connectivity index (χ4n) is 2.31. The predicted octanol–water partition coefficient (Wildman–Crippen LogP) is 5.19. The van der Waals surface area contributed by atoms with E-state index < -0.39 is 23.8 Å². The Kier molecular flexibility index (Phi) is 4.46. The van der Waals surface area contributed by atoms with Gasteiger partial charge >= 0.3 is 12.1 Å². The van der Waals surface area contributed by atoms with Gasteiger partial charge in [-0.2, -0.15) is 13.2 Å². The smallest absolute Gasteiger partial charge is 0.417 e. The van der Waals surface area contributed by atoms with Crippen molar-refractivity contribution in [1.82, 2.24) is 4.98 Å². The normalized spacial score (nSPS) is 12.1. The number of nitrogen functional groups attached to an aromatic ring is 1. The number of nitrogens with two attached hydrogens (primary N) is 1. The quantitative estimate of drug-likeness (QED) is 0.629. The Morgan fingerprint density at radius 1 is 1.36 bits per heavy atom. The molecule has 3 rings (SSSR count). The van der Waals surface area contributed by atoms with E-state index >= 15 is 0 Å². The minimum Gasteiger partial charge on any atom is -0.459 e. The van der Waals surface area contributed by atoms with E-state index in [9.17, 15) is 18.0 Å². The lowest BCUT2D eigenvalue weighted by atomic mass is 10.1. The minimum absolute atomic E-state index is 0.0615. The summed E-state index contributed by atoms with van der Waals surface area (Å²) in [5.41, 5.74) is 4.90. The van der Waals surface area contributed by atoms with Gasteiger partial charge in [-0.05, 0) is 31.4 Å². The third-order valence-electron chi connectivity index (χ3n) is 3.31. The molecule has 0 bridgehead atoms. The number of pyridine rings is 1. The molecule has 25 heavy (non-hydrogen) atoms. The van der Waals surface area contributed by atoms with Gasteiger partial charge in [0.15, 0.2) is 0 Å². The molecule has 3 aromatic heterocycles. The number of anilines is 1. The van der Waals surface area contributed by atoms with Crippen LogP contribution in [-0.4, -0.2) is 17.1 Å². The second-order valence-electron chi connectivity index (χ2n) is 5.51. The molecule has 0 aliphatic carbocycles. The molecule has 0 fully saturated rings. The largest absolute Gasteiger partial charge is 0.459 e. The Hall–Kier alpha value is -2.13. The number of hydrogen-bond acceptors (Lipinski definition) is 6. The van der Waals surface area contributed by atoms with Crippen LogP contribution in [0.1, 0.15) is 29.1 Å². The first kappa shape index (κ1) is 17.7. The maximum atomic E-state index is 13.5. The molecule has 0 aliphatic rings. The Bertz CT molecular complexity index is 931. The average molecular weight is 386 g/mol. The van der Waals surface area contributed by atoms with E-state index in [4.69, 9.17) is 10.5 Å². The topological polar surface area (TPSA) is 65.2 Å². The van der Waals surface area contributed by atoms with Crippen LogP contribution in [0, 0.1) is 0 Å². The number of ether oxygens (including phenoxy) is 1. The highest BCUT2D eigenvalue weighted by Gasteiger charge is 2.36. The molecule has 0 saturated carbocycles. The molecule has 2 N–H and O–H groups in total. The summed E-state index contributed by atoms with van der Waals surface area (Å²) in [7, 11) is 0. The van der Waals surface area contributed by atoms with E-state index in [0.717, 1.165) is 17.4 Å². The van der Waals surface area contributed by atoms with Crippen molar-refractivity contribution in [3.05, 3.63) is 34.0 Å². The van der Waals surface area contributed by atoms with Crippen LogP contribution in [0.3, 0.4) is 0 Å². The first-order valence-electron chi connectivity index (χ1n) is 7.23. The zero-order valence-electron chi connectivity index (χ0n) is 13.2. The number of rotatable bonds is 3. The summed E-state index contributed by atoms with van der Waals surface area (Å²) in [5.74, 6) is -0.749. The zero-order valence-corrected chi connectivity index (χ0v) is 14.8. The molecule has 132 valence electrons. The van der Waals surface area contributed by atoms with Crippen molar-refractivity contribution in [2.75, 3.05) is 5.73 Å². The highest BCUT2D eigenvalue weighted by Crippen LogP contribution is 2.44. The number of alkyl halides is 3. The van der Waals surface area contributed by atoms with Crippen molar-refractivity contribution >= 4 is 44.5 Å². The van der Waals surface area contributed by atoms with Gasteiger partial charge in [-0.3, -0.25) is 0 Å². The van der Waals surface area contributed by atoms with Crippen molar-refractivity contribution in [3.8, 4) is 10.6 Å². The number of carbonyl (C=O) groups excluding carboxylic acids is 1. The Labute approximate surface area is 149 Å². The van der Waals surface area contributed by atoms with Gasteiger partial charge in [0.2, 0.25) is 0 Å². The maximum Gasteiger partial charge on any atom is 0.417 e. The van der Waals surface area contributed by atoms with E-state index in [1.54, 1.807) is 31.4 Å². The third kappa shape index (κ3) is 3.34. The van der Waals surface area contributed by atoms with Crippen molar-refractivity contribution in [2.45, 2.75) is 26.1 Å². The Morgan fingerprint density at radius 3 is 2.64 bits per heavy atom. The van der Waals surface area contributed by atoms with E-state index in [2.05, 4.69) is 4.98 Å². The minimum atomic E-state index is -4.62. The van der Waals surface area contributed by atoms with Crippen molar-refractivity contribution in [1.29, 1.82) is 0 Å². The molecule has 3 aromatic rings. The van der Waals surface area contributed by atoms with E-state index in [1.165, 1.54) is 11.3 Å². The first-order valence-corrected chi connectivity index (χ1v) is 8.93. The number of halogens is 3. The number of aromatic nitrogens is 1. The van der Waals surface area contributed by atoms with Gasteiger partial charge in [0, 0.05) is 5.39 Å². The lowest BCUT2D eigenvalue weighted by molar-refractivity contribution is -0.136. The van der Waals surface area contributed by atoms with Crippen molar-refractivity contribution < 1.29 is 22.7 Å². The number of esters is 1. The summed E-state index contributed by atoms with van der Waals surface area (Å²) >= 11 is 2.09. The number of thiophene rings is 2. The van der Waals surface area contributed by atoms with Crippen LogP contribution in [0.4, 0.5) is 18.9 Å². The molecule has 0 spiro atoms. The Balaban J connectivity index is 2.26. The summed E-state index contributed by atoms with van der Waals surface area (Å²) in [5, 5.41) is 1.50. The molecule has 0 saturated heterocycles. The van der Waals surface area contributed by atoms with Crippen LogP contribution in [0.15, 0.2) is 23.6 Å². The lowest BCUT2D eigenvalue weighted by Crippen LogP contribution is -2.12. The van der Waals surface area contributed by atoms with Gasteiger partial charge in [0.05, 0.1) is 27.9 Å². The molecular weight excluding hydrogens is 373 g/mol. The van der Waals surface area contributed by atoms with Gasteiger partial charge in [-0.25, -0.2) is 9.78 Å². The lowest BCUT2D eigenvalue weighted by Gasteiger charge is -2.10. The van der Waals surface area contributed by atoms with Gasteiger partial charge in [0.25, 0.3) is 0 Å².